The quantitative estimate of drug-likeness (QED) is 0.882. The van der Waals surface area contributed by atoms with E-state index in [1.807, 2.05) is 0 Å². The number of rotatable bonds is 6. The lowest BCUT2D eigenvalue weighted by Gasteiger charge is -2.25. The standard InChI is InChI=1S/C17H30N6/c1-10(2)13-18-16(22-19-13)17(6,7)9-12(5)15-21-20-14(11(3)4)23(15)8/h10-12H,9H2,1-8H3,(H,18,19,22). The highest BCUT2D eigenvalue weighted by Gasteiger charge is 2.30. The minimum Gasteiger partial charge on any atom is -0.328 e. The van der Waals surface area contributed by atoms with Crippen LogP contribution in [0.15, 0.2) is 0 Å². The molecule has 2 heterocycles. The number of hydrogen-bond acceptors (Lipinski definition) is 4. The summed E-state index contributed by atoms with van der Waals surface area (Å²) >= 11 is 0. The Balaban J connectivity index is 2.19. The van der Waals surface area contributed by atoms with Crippen molar-refractivity contribution in [1.82, 2.24) is 29.9 Å². The van der Waals surface area contributed by atoms with Crippen molar-refractivity contribution in [2.75, 3.05) is 0 Å². The molecule has 6 heteroatoms. The van der Waals surface area contributed by atoms with Crippen LogP contribution >= 0.6 is 0 Å². The van der Waals surface area contributed by atoms with Gasteiger partial charge in [0.25, 0.3) is 0 Å². The summed E-state index contributed by atoms with van der Waals surface area (Å²) in [5.41, 5.74) is -0.0937. The van der Waals surface area contributed by atoms with E-state index in [0.29, 0.717) is 17.8 Å². The van der Waals surface area contributed by atoms with Gasteiger partial charge in [-0.25, -0.2) is 0 Å². The Bertz CT molecular complexity index is 650. The van der Waals surface area contributed by atoms with Gasteiger partial charge in [-0.1, -0.05) is 48.5 Å². The molecule has 1 unspecified atom stereocenters. The Morgan fingerprint density at radius 3 is 2.00 bits per heavy atom. The van der Waals surface area contributed by atoms with Gasteiger partial charge < -0.3 is 9.55 Å². The molecule has 6 nitrogen and oxygen atoms in total. The SMILES string of the molecule is CC(C)c1nnc(C(C)(C)CC(C)c2nnc(C(C)C)n2C)[nH]1. The smallest absolute Gasteiger partial charge is 0.136 e. The van der Waals surface area contributed by atoms with Gasteiger partial charge >= 0.3 is 0 Å². The van der Waals surface area contributed by atoms with Gasteiger partial charge in [0.05, 0.1) is 0 Å². The van der Waals surface area contributed by atoms with E-state index in [-0.39, 0.29) is 5.41 Å². The third kappa shape index (κ3) is 3.62. The maximum absolute atomic E-state index is 4.41. The predicted molar refractivity (Wildman–Crippen MR) is 91.6 cm³/mol. The minimum atomic E-state index is -0.0937. The van der Waals surface area contributed by atoms with Crippen LogP contribution in [0.25, 0.3) is 0 Å². The lowest BCUT2D eigenvalue weighted by molar-refractivity contribution is 0.402. The first kappa shape index (κ1) is 17.6. The molecule has 0 saturated carbocycles. The largest absolute Gasteiger partial charge is 0.328 e. The Kier molecular flexibility index (Phi) is 4.92. The Morgan fingerprint density at radius 1 is 0.913 bits per heavy atom. The zero-order valence-electron chi connectivity index (χ0n) is 15.7. The topological polar surface area (TPSA) is 72.3 Å². The molecule has 0 amide bonds. The summed E-state index contributed by atoms with van der Waals surface area (Å²) in [5.74, 6) is 4.99. The van der Waals surface area contributed by atoms with Gasteiger partial charge in [0.1, 0.15) is 23.3 Å². The van der Waals surface area contributed by atoms with Crippen molar-refractivity contribution < 1.29 is 0 Å². The zero-order chi connectivity index (χ0) is 17.4. The Labute approximate surface area is 139 Å². The van der Waals surface area contributed by atoms with Crippen molar-refractivity contribution in [2.45, 2.75) is 78.1 Å². The molecule has 128 valence electrons. The van der Waals surface area contributed by atoms with E-state index in [2.05, 4.69) is 85.5 Å². The van der Waals surface area contributed by atoms with Gasteiger partial charge in [-0.3, -0.25) is 0 Å². The van der Waals surface area contributed by atoms with Gasteiger partial charge in [-0.2, -0.15) is 0 Å². The van der Waals surface area contributed by atoms with E-state index < -0.39 is 0 Å². The van der Waals surface area contributed by atoms with Crippen LogP contribution in [-0.4, -0.2) is 29.9 Å². The first-order valence-corrected chi connectivity index (χ1v) is 8.45. The summed E-state index contributed by atoms with van der Waals surface area (Å²) in [6, 6.07) is 0. The lowest BCUT2D eigenvalue weighted by atomic mass is 9.82. The summed E-state index contributed by atoms with van der Waals surface area (Å²) < 4.78 is 2.13. The second-order valence-corrected chi connectivity index (χ2v) is 7.83. The molecule has 0 bridgehead atoms. The van der Waals surface area contributed by atoms with Crippen molar-refractivity contribution in [1.29, 1.82) is 0 Å². The van der Waals surface area contributed by atoms with E-state index in [4.69, 9.17) is 0 Å². The maximum Gasteiger partial charge on any atom is 0.136 e. The van der Waals surface area contributed by atoms with Crippen LogP contribution in [0.2, 0.25) is 0 Å². The van der Waals surface area contributed by atoms with E-state index in [1.165, 1.54) is 0 Å². The van der Waals surface area contributed by atoms with Crippen LogP contribution in [0.5, 0.6) is 0 Å². The third-order valence-corrected chi connectivity index (χ3v) is 4.41. The number of aromatic amines is 1. The monoisotopic (exact) mass is 318 g/mol. The highest BCUT2D eigenvalue weighted by atomic mass is 15.3. The van der Waals surface area contributed by atoms with Gasteiger partial charge in [0.15, 0.2) is 0 Å². The molecule has 0 fully saturated rings. The molecular weight excluding hydrogens is 288 g/mol. The lowest BCUT2D eigenvalue weighted by Crippen LogP contribution is -2.23. The minimum absolute atomic E-state index is 0.0937. The van der Waals surface area contributed by atoms with Crippen LogP contribution in [0.3, 0.4) is 0 Å². The number of hydrogen-bond donors (Lipinski definition) is 1. The van der Waals surface area contributed by atoms with Crippen LogP contribution < -0.4 is 0 Å². The van der Waals surface area contributed by atoms with Crippen molar-refractivity contribution in [3.05, 3.63) is 23.3 Å². The van der Waals surface area contributed by atoms with Gasteiger partial charge in [-0.15, -0.1) is 20.4 Å². The first-order chi connectivity index (χ1) is 10.6. The molecular formula is C17H30N6. The molecule has 0 spiro atoms. The van der Waals surface area contributed by atoms with Crippen molar-refractivity contribution in [3.63, 3.8) is 0 Å². The second-order valence-electron chi connectivity index (χ2n) is 7.83. The van der Waals surface area contributed by atoms with Crippen LogP contribution in [0.4, 0.5) is 0 Å². The van der Waals surface area contributed by atoms with Crippen molar-refractivity contribution in [2.24, 2.45) is 7.05 Å². The average Bonchev–Trinajstić information content (AvgIpc) is 3.04. The number of aromatic nitrogens is 6. The third-order valence-electron chi connectivity index (χ3n) is 4.41. The molecule has 2 aromatic heterocycles. The average molecular weight is 318 g/mol. The highest BCUT2D eigenvalue weighted by Crippen LogP contribution is 2.33. The molecule has 23 heavy (non-hydrogen) atoms. The van der Waals surface area contributed by atoms with Crippen LogP contribution in [0, 0.1) is 0 Å². The molecule has 0 aliphatic heterocycles. The fraction of sp³-hybridized carbons (Fsp3) is 0.765. The van der Waals surface area contributed by atoms with E-state index in [0.717, 1.165) is 29.7 Å². The zero-order valence-corrected chi connectivity index (χ0v) is 15.7. The molecule has 0 aliphatic carbocycles. The molecule has 0 aromatic carbocycles. The Hall–Kier alpha value is -1.72. The maximum atomic E-state index is 4.41. The molecule has 2 aromatic rings. The number of H-pyrrole nitrogens is 1. The highest BCUT2D eigenvalue weighted by molar-refractivity contribution is 5.10. The van der Waals surface area contributed by atoms with Gasteiger partial charge in [0.2, 0.25) is 0 Å². The van der Waals surface area contributed by atoms with Crippen molar-refractivity contribution in [3.8, 4) is 0 Å². The molecule has 0 radical (unpaired) electrons. The van der Waals surface area contributed by atoms with Gasteiger partial charge in [-0.05, 0) is 6.42 Å². The van der Waals surface area contributed by atoms with E-state index in [1.54, 1.807) is 0 Å². The number of nitrogens with zero attached hydrogens (tertiary/aromatic N) is 5. The molecule has 2 rings (SSSR count). The second kappa shape index (κ2) is 6.42. The molecule has 0 aliphatic rings. The van der Waals surface area contributed by atoms with Crippen LogP contribution in [0.1, 0.15) is 95.9 Å². The first-order valence-electron chi connectivity index (χ1n) is 8.45. The molecule has 0 saturated heterocycles. The summed E-state index contributed by atoms with van der Waals surface area (Å²) in [5, 5.41) is 17.4. The van der Waals surface area contributed by atoms with Gasteiger partial charge in [0, 0.05) is 30.2 Å². The predicted octanol–water partition coefficient (Wildman–Crippen LogP) is 3.65. The summed E-state index contributed by atoms with van der Waals surface area (Å²) in [6.45, 7) is 15.1. The molecule has 1 atom stereocenters. The summed E-state index contributed by atoms with van der Waals surface area (Å²) in [6.07, 6.45) is 0.934. The number of nitrogens with one attached hydrogen (secondary N) is 1. The fourth-order valence-electron chi connectivity index (χ4n) is 3.08. The van der Waals surface area contributed by atoms with Crippen LogP contribution in [-0.2, 0) is 12.5 Å². The van der Waals surface area contributed by atoms with E-state index >= 15 is 0 Å². The molecule has 1 N–H and O–H groups in total. The van der Waals surface area contributed by atoms with Crippen molar-refractivity contribution >= 4 is 0 Å². The van der Waals surface area contributed by atoms with E-state index in [9.17, 15) is 0 Å². The Morgan fingerprint density at radius 2 is 1.52 bits per heavy atom. The summed E-state index contributed by atoms with van der Waals surface area (Å²) in [4.78, 5) is 3.38. The summed E-state index contributed by atoms with van der Waals surface area (Å²) in [7, 11) is 2.06. The normalized spacial score (nSPS) is 14.0. The fourth-order valence-corrected chi connectivity index (χ4v) is 3.08.